The lowest BCUT2D eigenvalue weighted by molar-refractivity contribution is 0.0734. The summed E-state index contributed by atoms with van der Waals surface area (Å²) in [4.78, 5) is 14.6. The second-order valence-corrected chi connectivity index (χ2v) is 9.47. The van der Waals surface area contributed by atoms with Gasteiger partial charge in [-0.05, 0) is 96.7 Å². The first-order valence-corrected chi connectivity index (χ1v) is 12.7. The van der Waals surface area contributed by atoms with Crippen LogP contribution in [0.3, 0.4) is 0 Å². The quantitative estimate of drug-likeness (QED) is 0.203. The lowest BCUT2D eigenvalue weighted by atomic mass is 9.90. The molecule has 0 fully saturated rings. The third-order valence-electron chi connectivity index (χ3n) is 6.60. The molecule has 0 N–H and O–H groups in total. The van der Waals surface area contributed by atoms with Crippen LogP contribution in [-0.2, 0) is 6.42 Å². The van der Waals surface area contributed by atoms with Crippen LogP contribution in [0.5, 0.6) is 11.5 Å². The maximum Gasteiger partial charge on any atom is 0.343 e. The molecule has 5 rings (SSSR count). The fourth-order valence-electron chi connectivity index (χ4n) is 4.70. The molecule has 186 valence electrons. The number of carbonyl (C=O) groups is 1. The molecule has 0 aromatic heterocycles. The second-order valence-electron chi connectivity index (χ2n) is 9.47. The molecule has 1 aliphatic carbocycles. The van der Waals surface area contributed by atoms with E-state index in [-0.39, 0.29) is 5.97 Å². The molecule has 4 nitrogen and oxygen atoms in total. The van der Waals surface area contributed by atoms with Gasteiger partial charge in [-0.25, -0.2) is 4.79 Å². The maximum absolute atomic E-state index is 12.5. The summed E-state index contributed by atoms with van der Waals surface area (Å²) in [6.45, 7) is 1.52. The first-order chi connectivity index (χ1) is 18.1. The van der Waals surface area contributed by atoms with Gasteiger partial charge in [0.25, 0.3) is 0 Å². The number of carbonyl (C=O) groups excluding carboxylic acids is 1. The highest BCUT2D eigenvalue weighted by molar-refractivity contribution is 6.00. The second kappa shape index (κ2) is 11.3. The van der Waals surface area contributed by atoms with Crippen molar-refractivity contribution < 1.29 is 14.3 Å². The molecule has 0 unspecified atom stereocenters. The highest BCUT2D eigenvalue weighted by atomic mass is 16.5. The van der Waals surface area contributed by atoms with Crippen molar-refractivity contribution in [1.29, 1.82) is 0 Å². The van der Waals surface area contributed by atoms with Crippen LogP contribution in [0.15, 0.2) is 103 Å². The standard InChI is InChI=1S/C33H31NO3/c1-34(2)22-23-36-28-17-12-25(13-18-28)32(31-21-16-24-8-6-7-11-30(24)31)26-14-19-29(20-15-26)37-33(35)27-9-4-3-5-10-27/h3-15,17-20H,16,21-23H2,1-2H3. The molecule has 37 heavy (non-hydrogen) atoms. The molecule has 0 saturated heterocycles. The van der Waals surface area contributed by atoms with Crippen molar-refractivity contribution >= 4 is 17.1 Å². The van der Waals surface area contributed by atoms with Gasteiger partial charge in [-0.2, -0.15) is 0 Å². The molecule has 4 heteroatoms. The van der Waals surface area contributed by atoms with Crippen molar-refractivity contribution in [2.45, 2.75) is 12.8 Å². The van der Waals surface area contributed by atoms with Crippen LogP contribution < -0.4 is 9.47 Å². The molecule has 4 aromatic carbocycles. The minimum atomic E-state index is -0.360. The fraction of sp³-hybridized carbons (Fsp3) is 0.182. The minimum absolute atomic E-state index is 0.360. The van der Waals surface area contributed by atoms with E-state index >= 15 is 0 Å². The van der Waals surface area contributed by atoms with E-state index in [4.69, 9.17) is 9.47 Å². The first kappa shape index (κ1) is 24.5. The predicted octanol–water partition coefficient (Wildman–Crippen LogP) is 6.75. The van der Waals surface area contributed by atoms with E-state index in [1.54, 1.807) is 12.1 Å². The van der Waals surface area contributed by atoms with E-state index in [1.807, 2.05) is 68.7 Å². The Labute approximate surface area is 218 Å². The van der Waals surface area contributed by atoms with Crippen LogP contribution >= 0.6 is 0 Å². The Balaban J connectivity index is 1.45. The van der Waals surface area contributed by atoms with Crippen molar-refractivity contribution in [3.8, 4) is 11.5 Å². The molecule has 0 aliphatic heterocycles. The average molecular weight is 490 g/mol. The summed E-state index contributed by atoms with van der Waals surface area (Å²) in [5.74, 6) is 1.03. The topological polar surface area (TPSA) is 38.8 Å². The largest absolute Gasteiger partial charge is 0.492 e. The van der Waals surface area contributed by atoms with Crippen LogP contribution in [0.1, 0.15) is 39.0 Å². The zero-order valence-electron chi connectivity index (χ0n) is 21.3. The van der Waals surface area contributed by atoms with E-state index < -0.39 is 0 Å². The van der Waals surface area contributed by atoms with Gasteiger partial charge in [-0.1, -0.05) is 66.7 Å². The number of aryl methyl sites for hydroxylation is 1. The molecule has 0 radical (unpaired) electrons. The van der Waals surface area contributed by atoms with Gasteiger partial charge in [-0.3, -0.25) is 0 Å². The van der Waals surface area contributed by atoms with E-state index in [0.717, 1.165) is 36.3 Å². The summed E-state index contributed by atoms with van der Waals surface area (Å²) in [5, 5.41) is 0. The number of likely N-dealkylation sites (N-methyl/N-ethyl adjacent to an activating group) is 1. The summed E-state index contributed by atoms with van der Waals surface area (Å²) < 4.78 is 11.5. The van der Waals surface area contributed by atoms with Gasteiger partial charge in [0.1, 0.15) is 18.1 Å². The van der Waals surface area contributed by atoms with Crippen molar-refractivity contribution in [1.82, 2.24) is 4.90 Å². The van der Waals surface area contributed by atoms with E-state index in [0.29, 0.717) is 17.9 Å². The molecular weight excluding hydrogens is 458 g/mol. The average Bonchev–Trinajstić information content (AvgIpc) is 3.35. The van der Waals surface area contributed by atoms with Gasteiger partial charge in [0, 0.05) is 6.54 Å². The summed E-state index contributed by atoms with van der Waals surface area (Å²) in [5.41, 5.74) is 7.99. The zero-order valence-corrected chi connectivity index (χ0v) is 21.3. The Morgan fingerprint density at radius 3 is 2.00 bits per heavy atom. The number of esters is 1. The van der Waals surface area contributed by atoms with Crippen LogP contribution in [0, 0.1) is 0 Å². The predicted molar refractivity (Wildman–Crippen MR) is 149 cm³/mol. The molecule has 0 spiro atoms. The highest BCUT2D eigenvalue weighted by Gasteiger charge is 2.21. The van der Waals surface area contributed by atoms with E-state index in [9.17, 15) is 4.79 Å². The lowest BCUT2D eigenvalue weighted by Crippen LogP contribution is -2.19. The molecule has 4 aromatic rings. The number of hydrogen-bond acceptors (Lipinski definition) is 4. The Hall–Kier alpha value is -4.15. The molecule has 0 saturated carbocycles. The third kappa shape index (κ3) is 5.82. The normalized spacial score (nSPS) is 13.8. The van der Waals surface area contributed by atoms with Crippen molar-refractivity contribution in [2.75, 3.05) is 27.2 Å². The summed E-state index contributed by atoms with van der Waals surface area (Å²) in [6, 6.07) is 33.9. The van der Waals surface area contributed by atoms with Gasteiger partial charge in [-0.15, -0.1) is 0 Å². The van der Waals surface area contributed by atoms with Crippen molar-refractivity contribution in [3.05, 3.63) is 131 Å². The number of hydrogen-bond donors (Lipinski definition) is 0. The molecule has 0 bridgehead atoms. The number of ether oxygens (including phenoxy) is 2. The van der Waals surface area contributed by atoms with Crippen LogP contribution in [0.25, 0.3) is 11.1 Å². The molecule has 0 amide bonds. The monoisotopic (exact) mass is 489 g/mol. The smallest absolute Gasteiger partial charge is 0.343 e. The molecule has 0 heterocycles. The number of allylic oxidation sites excluding steroid dienone is 1. The highest BCUT2D eigenvalue weighted by Crippen LogP contribution is 2.41. The molecular formula is C33H31NO3. The number of fused-ring (bicyclic) bond motifs is 1. The van der Waals surface area contributed by atoms with Gasteiger partial charge in [0.2, 0.25) is 0 Å². The zero-order chi connectivity index (χ0) is 25.6. The number of nitrogens with zero attached hydrogens (tertiary/aromatic N) is 1. The van der Waals surface area contributed by atoms with Crippen LogP contribution in [0.2, 0.25) is 0 Å². The SMILES string of the molecule is CN(C)CCOc1ccc(C(=C2CCc3ccccc32)c2ccc(OC(=O)c3ccccc3)cc2)cc1. The van der Waals surface area contributed by atoms with Gasteiger partial charge >= 0.3 is 5.97 Å². The summed E-state index contributed by atoms with van der Waals surface area (Å²) in [7, 11) is 4.08. The van der Waals surface area contributed by atoms with Crippen molar-refractivity contribution in [3.63, 3.8) is 0 Å². The summed E-state index contributed by atoms with van der Waals surface area (Å²) in [6.07, 6.45) is 2.02. The Morgan fingerprint density at radius 1 is 0.703 bits per heavy atom. The van der Waals surface area contributed by atoms with Crippen LogP contribution in [0.4, 0.5) is 0 Å². The number of benzene rings is 4. The number of rotatable bonds is 8. The van der Waals surface area contributed by atoms with Crippen molar-refractivity contribution in [2.24, 2.45) is 0 Å². The van der Waals surface area contributed by atoms with Gasteiger partial charge in [0.05, 0.1) is 5.56 Å². The summed E-state index contributed by atoms with van der Waals surface area (Å²) >= 11 is 0. The first-order valence-electron chi connectivity index (χ1n) is 12.7. The maximum atomic E-state index is 12.5. The molecule has 0 atom stereocenters. The Morgan fingerprint density at radius 2 is 1.32 bits per heavy atom. The molecule has 1 aliphatic rings. The Kier molecular flexibility index (Phi) is 7.48. The lowest BCUT2D eigenvalue weighted by Gasteiger charge is -2.16. The van der Waals surface area contributed by atoms with Gasteiger partial charge < -0.3 is 14.4 Å². The van der Waals surface area contributed by atoms with E-state index in [1.165, 1.54) is 22.3 Å². The van der Waals surface area contributed by atoms with E-state index in [2.05, 4.69) is 41.3 Å². The van der Waals surface area contributed by atoms with Crippen LogP contribution in [-0.4, -0.2) is 38.1 Å². The minimum Gasteiger partial charge on any atom is -0.492 e. The van der Waals surface area contributed by atoms with Gasteiger partial charge in [0.15, 0.2) is 0 Å². The Bertz CT molecular complexity index is 1390. The fourth-order valence-corrected chi connectivity index (χ4v) is 4.70. The third-order valence-corrected chi connectivity index (χ3v) is 6.60.